The van der Waals surface area contributed by atoms with Crippen LogP contribution in [-0.4, -0.2) is 27.6 Å². The molecule has 6 nitrogen and oxygen atoms in total. The largest absolute Gasteiger partial charge is 0.496 e. The van der Waals surface area contributed by atoms with Gasteiger partial charge in [-0.15, -0.1) is 10.2 Å². The first-order chi connectivity index (χ1) is 13.2. The highest BCUT2D eigenvalue weighted by Crippen LogP contribution is 2.20. The Balaban J connectivity index is 1.48. The van der Waals surface area contributed by atoms with Crippen LogP contribution in [0.5, 0.6) is 5.75 Å². The molecule has 6 heteroatoms. The first kappa shape index (κ1) is 16.8. The number of para-hydroxylation sites is 1. The smallest absolute Gasteiger partial charge is 0.259 e. The summed E-state index contributed by atoms with van der Waals surface area (Å²) in [6, 6.07) is 20.7. The molecule has 0 bridgehead atoms. The van der Waals surface area contributed by atoms with Crippen molar-refractivity contribution in [3.8, 4) is 5.75 Å². The third kappa shape index (κ3) is 3.50. The highest BCUT2D eigenvalue weighted by atomic mass is 16.5. The fraction of sp³-hybridized carbons (Fsp3) is 0.0952. The van der Waals surface area contributed by atoms with E-state index in [1.165, 1.54) is 0 Å². The van der Waals surface area contributed by atoms with Gasteiger partial charge < -0.3 is 10.1 Å². The molecule has 0 aliphatic rings. The van der Waals surface area contributed by atoms with Gasteiger partial charge in [-0.3, -0.25) is 9.20 Å². The van der Waals surface area contributed by atoms with Crippen LogP contribution < -0.4 is 10.1 Å². The lowest BCUT2D eigenvalue weighted by atomic mass is 10.1. The summed E-state index contributed by atoms with van der Waals surface area (Å²) < 4.78 is 7.21. The molecule has 0 radical (unpaired) electrons. The Kier molecular flexibility index (Phi) is 4.53. The van der Waals surface area contributed by atoms with Gasteiger partial charge in [0.25, 0.3) is 5.91 Å². The molecule has 1 N–H and O–H groups in total. The molecule has 0 aliphatic carbocycles. The van der Waals surface area contributed by atoms with E-state index < -0.39 is 0 Å². The molecule has 4 rings (SSSR count). The van der Waals surface area contributed by atoms with Crippen LogP contribution in [0.15, 0.2) is 72.9 Å². The molecule has 0 saturated heterocycles. The maximum absolute atomic E-state index is 12.5. The Morgan fingerprint density at radius 3 is 2.59 bits per heavy atom. The lowest BCUT2D eigenvalue weighted by molar-refractivity contribution is 0.102. The maximum atomic E-state index is 12.5. The van der Waals surface area contributed by atoms with Crippen molar-refractivity contribution in [3.63, 3.8) is 0 Å². The van der Waals surface area contributed by atoms with Crippen molar-refractivity contribution in [2.45, 2.75) is 6.42 Å². The Hall–Kier alpha value is -3.67. The molecule has 0 aliphatic heterocycles. The summed E-state index contributed by atoms with van der Waals surface area (Å²) in [6.07, 6.45) is 2.61. The Morgan fingerprint density at radius 1 is 1.00 bits per heavy atom. The van der Waals surface area contributed by atoms with Gasteiger partial charge in [-0.1, -0.05) is 30.3 Å². The van der Waals surface area contributed by atoms with Crippen LogP contribution in [0.25, 0.3) is 5.65 Å². The van der Waals surface area contributed by atoms with E-state index in [-0.39, 0.29) is 5.91 Å². The number of rotatable bonds is 5. The second-order valence-electron chi connectivity index (χ2n) is 6.07. The predicted molar refractivity (Wildman–Crippen MR) is 103 cm³/mol. The van der Waals surface area contributed by atoms with Crippen molar-refractivity contribution in [2.75, 3.05) is 12.4 Å². The van der Waals surface area contributed by atoms with Gasteiger partial charge in [-0.2, -0.15) is 0 Å². The molecule has 2 heterocycles. The summed E-state index contributed by atoms with van der Waals surface area (Å²) in [5.41, 5.74) is 3.14. The number of hydrogen-bond acceptors (Lipinski definition) is 4. The van der Waals surface area contributed by atoms with Crippen molar-refractivity contribution >= 4 is 17.2 Å². The molecule has 0 unspecified atom stereocenters. The Bertz CT molecular complexity index is 1090. The summed E-state index contributed by atoms with van der Waals surface area (Å²) in [5.74, 6) is 1.21. The van der Waals surface area contributed by atoms with Crippen molar-refractivity contribution in [1.29, 1.82) is 0 Å². The molecule has 0 atom stereocenters. The first-order valence-corrected chi connectivity index (χ1v) is 8.56. The van der Waals surface area contributed by atoms with Crippen molar-refractivity contribution in [2.24, 2.45) is 0 Å². The van der Waals surface area contributed by atoms with Crippen LogP contribution in [0.4, 0.5) is 5.69 Å². The molecular weight excluding hydrogens is 340 g/mol. The van der Waals surface area contributed by atoms with E-state index in [1.54, 1.807) is 19.2 Å². The van der Waals surface area contributed by atoms with E-state index in [1.807, 2.05) is 65.2 Å². The zero-order chi connectivity index (χ0) is 18.6. The van der Waals surface area contributed by atoms with E-state index >= 15 is 0 Å². The molecular formula is C21H18N4O2. The normalized spacial score (nSPS) is 10.7. The number of hydrogen-bond donors (Lipinski definition) is 1. The minimum absolute atomic E-state index is 0.205. The van der Waals surface area contributed by atoms with Crippen molar-refractivity contribution in [3.05, 3.63) is 89.9 Å². The Labute approximate surface area is 156 Å². The average molecular weight is 358 g/mol. The third-order valence-corrected chi connectivity index (χ3v) is 4.31. The zero-order valence-electron chi connectivity index (χ0n) is 14.8. The molecule has 0 spiro atoms. The average Bonchev–Trinajstić information content (AvgIpc) is 3.12. The number of carbonyl (C=O) groups excluding carboxylic acids is 1. The number of ether oxygens (including phenoxy) is 1. The number of nitrogens with one attached hydrogen (secondary N) is 1. The molecule has 0 saturated carbocycles. The van der Waals surface area contributed by atoms with Crippen LogP contribution in [0.1, 0.15) is 21.7 Å². The summed E-state index contributed by atoms with van der Waals surface area (Å²) >= 11 is 0. The fourth-order valence-electron chi connectivity index (χ4n) is 2.93. The van der Waals surface area contributed by atoms with E-state index in [4.69, 9.17) is 4.74 Å². The Morgan fingerprint density at radius 2 is 1.78 bits per heavy atom. The van der Waals surface area contributed by atoms with Crippen LogP contribution in [0, 0.1) is 0 Å². The molecule has 1 amide bonds. The van der Waals surface area contributed by atoms with Crippen molar-refractivity contribution < 1.29 is 9.53 Å². The van der Waals surface area contributed by atoms with Crippen LogP contribution in [-0.2, 0) is 6.42 Å². The summed E-state index contributed by atoms with van der Waals surface area (Å²) in [7, 11) is 1.55. The summed E-state index contributed by atoms with van der Waals surface area (Å²) in [4.78, 5) is 12.5. The molecule has 2 aromatic carbocycles. The number of nitrogens with zero attached hydrogens (tertiary/aromatic N) is 3. The summed E-state index contributed by atoms with van der Waals surface area (Å²) in [6.45, 7) is 0. The maximum Gasteiger partial charge on any atom is 0.259 e. The number of aromatic nitrogens is 3. The standard InChI is InChI=1S/C21H18N4O2/c1-27-18-7-3-2-6-17(18)21(26)22-16-11-9-15(10-12-16)14-20-24-23-19-8-4-5-13-25(19)20/h2-13H,14H2,1H3,(H,22,26). The number of methoxy groups -OCH3 is 1. The highest BCUT2D eigenvalue weighted by molar-refractivity contribution is 6.06. The minimum atomic E-state index is -0.205. The SMILES string of the molecule is COc1ccccc1C(=O)Nc1ccc(Cc2nnc3ccccn23)cc1. The topological polar surface area (TPSA) is 68.5 Å². The number of carbonyl (C=O) groups is 1. The third-order valence-electron chi connectivity index (χ3n) is 4.31. The van der Waals surface area contributed by atoms with E-state index in [0.29, 0.717) is 17.7 Å². The van der Waals surface area contributed by atoms with E-state index in [9.17, 15) is 4.79 Å². The van der Waals surface area contributed by atoms with Gasteiger partial charge in [0.1, 0.15) is 11.6 Å². The van der Waals surface area contributed by atoms with Gasteiger partial charge >= 0.3 is 0 Å². The number of amides is 1. The number of anilines is 1. The number of fused-ring (bicyclic) bond motifs is 1. The predicted octanol–water partition coefficient (Wildman–Crippen LogP) is 3.58. The van der Waals surface area contributed by atoms with Gasteiger partial charge in [-0.25, -0.2) is 0 Å². The lowest BCUT2D eigenvalue weighted by Gasteiger charge is -2.09. The molecule has 134 valence electrons. The highest BCUT2D eigenvalue weighted by Gasteiger charge is 2.12. The zero-order valence-corrected chi connectivity index (χ0v) is 14.8. The number of benzene rings is 2. The molecule has 2 aromatic heterocycles. The van der Waals surface area contributed by atoms with Crippen LogP contribution >= 0.6 is 0 Å². The van der Waals surface area contributed by atoms with Crippen molar-refractivity contribution in [1.82, 2.24) is 14.6 Å². The van der Waals surface area contributed by atoms with Gasteiger partial charge in [0.05, 0.1) is 12.7 Å². The molecule has 4 aromatic rings. The van der Waals surface area contributed by atoms with E-state index in [0.717, 1.165) is 22.7 Å². The molecule has 27 heavy (non-hydrogen) atoms. The summed E-state index contributed by atoms with van der Waals surface area (Å²) in [5, 5.41) is 11.3. The monoisotopic (exact) mass is 358 g/mol. The fourth-order valence-corrected chi connectivity index (χ4v) is 2.93. The van der Waals surface area contributed by atoms with Gasteiger partial charge in [-0.05, 0) is 42.0 Å². The first-order valence-electron chi connectivity index (χ1n) is 8.56. The second-order valence-corrected chi connectivity index (χ2v) is 6.07. The van der Waals surface area contributed by atoms with Crippen LogP contribution in [0.3, 0.4) is 0 Å². The number of pyridine rings is 1. The lowest BCUT2D eigenvalue weighted by Crippen LogP contribution is -2.13. The van der Waals surface area contributed by atoms with Gasteiger partial charge in [0.15, 0.2) is 5.65 Å². The van der Waals surface area contributed by atoms with Gasteiger partial charge in [0.2, 0.25) is 0 Å². The quantitative estimate of drug-likeness (QED) is 0.592. The van der Waals surface area contributed by atoms with E-state index in [2.05, 4.69) is 15.5 Å². The van der Waals surface area contributed by atoms with Gasteiger partial charge in [0, 0.05) is 18.3 Å². The minimum Gasteiger partial charge on any atom is -0.496 e. The molecule has 0 fully saturated rings. The second kappa shape index (κ2) is 7.29. The van der Waals surface area contributed by atoms with Crippen LogP contribution in [0.2, 0.25) is 0 Å².